The number of fused-ring (bicyclic) bond motifs is 1. The lowest BCUT2D eigenvalue weighted by molar-refractivity contribution is -0.116. The number of rotatable bonds is 4. The highest BCUT2D eigenvalue weighted by molar-refractivity contribution is 5.93. The Morgan fingerprint density at radius 2 is 1.83 bits per heavy atom. The SMILES string of the molecule is Cc1nn(C)c(C)c1CCC(=O)Nc1cnc2c(c1)c(C)nn2C. The average molecular weight is 326 g/mol. The molecule has 0 fully saturated rings. The zero-order valence-electron chi connectivity index (χ0n) is 14.7. The molecule has 7 nitrogen and oxygen atoms in total. The molecule has 0 spiro atoms. The summed E-state index contributed by atoms with van der Waals surface area (Å²) in [7, 11) is 3.78. The van der Waals surface area contributed by atoms with Gasteiger partial charge in [-0.25, -0.2) is 4.98 Å². The van der Waals surface area contributed by atoms with Crippen molar-refractivity contribution in [2.75, 3.05) is 5.32 Å². The summed E-state index contributed by atoms with van der Waals surface area (Å²) in [5, 5.41) is 12.6. The Bertz CT molecular complexity index is 921. The number of anilines is 1. The maximum absolute atomic E-state index is 12.3. The molecule has 0 aliphatic heterocycles. The number of aromatic nitrogens is 5. The topological polar surface area (TPSA) is 77.6 Å². The molecule has 0 aromatic carbocycles. The fraction of sp³-hybridized carbons (Fsp3) is 0.412. The molecule has 7 heteroatoms. The molecule has 3 aromatic heterocycles. The van der Waals surface area contributed by atoms with Crippen LogP contribution in [0.25, 0.3) is 11.0 Å². The molecule has 0 saturated carbocycles. The Morgan fingerprint density at radius 3 is 2.50 bits per heavy atom. The third-order valence-electron chi connectivity index (χ3n) is 4.41. The molecule has 0 radical (unpaired) electrons. The summed E-state index contributed by atoms with van der Waals surface area (Å²) in [4.78, 5) is 16.6. The molecular weight excluding hydrogens is 304 g/mol. The minimum atomic E-state index is -0.0275. The summed E-state index contributed by atoms with van der Waals surface area (Å²) in [6.07, 6.45) is 2.76. The number of hydrogen-bond acceptors (Lipinski definition) is 4. The smallest absolute Gasteiger partial charge is 0.224 e. The predicted molar refractivity (Wildman–Crippen MR) is 92.9 cm³/mol. The van der Waals surface area contributed by atoms with Crippen LogP contribution >= 0.6 is 0 Å². The van der Waals surface area contributed by atoms with Crippen molar-refractivity contribution in [2.45, 2.75) is 33.6 Å². The van der Waals surface area contributed by atoms with Crippen LogP contribution in [-0.4, -0.2) is 30.5 Å². The van der Waals surface area contributed by atoms with Gasteiger partial charge in [0.25, 0.3) is 0 Å². The first-order valence-electron chi connectivity index (χ1n) is 7.95. The van der Waals surface area contributed by atoms with Crippen molar-refractivity contribution in [2.24, 2.45) is 14.1 Å². The number of nitrogens with one attached hydrogen (secondary N) is 1. The third-order valence-corrected chi connectivity index (χ3v) is 4.41. The Balaban J connectivity index is 1.70. The number of pyridine rings is 1. The standard InChI is InChI=1S/C17H22N6O/c1-10-14(12(3)22(4)20-10)6-7-16(24)19-13-8-15-11(2)21-23(5)17(15)18-9-13/h8-9H,6-7H2,1-5H3,(H,19,24). The summed E-state index contributed by atoms with van der Waals surface area (Å²) in [6.45, 7) is 5.93. The molecule has 0 aliphatic carbocycles. The van der Waals surface area contributed by atoms with E-state index in [4.69, 9.17) is 0 Å². The van der Waals surface area contributed by atoms with Crippen molar-refractivity contribution in [3.8, 4) is 0 Å². The maximum Gasteiger partial charge on any atom is 0.224 e. The summed E-state index contributed by atoms with van der Waals surface area (Å²) in [5.41, 5.74) is 5.64. The molecule has 126 valence electrons. The van der Waals surface area contributed by atoms with E-state index in [-0.39, 0.29) is 5.91 Å². The van der Waals surface area contributed by atoms with Gasteiger partial charge in [-0.3, -0.25) is 14.2 Å². The zero-order chi connectivity index (χ0) is 17.4. The second-order valence-electron chi connectivity index (χ2n) is 6.13. The van der Waals surface area contributed by atoms with Crippen LogP contribution in [0.15, 0.2) is 12.3 Å². The number of nitrogens with zero attached hydrogens (tertiary/aromatic N) is 5. The lowest BCUT2D eigenvalue weighted by Crippen LogP contribution is -2.13. The number of amides is 1. The van der Waals surface area contributed by atoms with Crippen LogP contribution < -0.4 is 5.32 Å². The van der Waals surface area contributed by atoms with E-state index < -0.39 is 0 Å². The van der Waals surface area contributed by atoms with Crippen molar-refractivity contribution in [3.63, 3.8) is 0 Å². The van der Waals surface area contributed by atoms with Crippen LogP contribution in [0, 0.1) is 20.8 Å². The molecule has 0 bridgehead atoms. The Kier molecular flexibility index (Phi) is 4.09. The fourth-order valence-electron chi connectivity index (χ4n) is 3.02. The van der Waals surface area contributed by atoms with Gasteiger partial charge in [-0.05, 0) is 38.8 Å². The van der Waals surface area contributed by atoms with Gasteiger partial charge in [0.15, 0.2) is 5.65 Å². The largest absolute Gasteiger partial charge is 0.325 e. The minimum absolute atomic E-state index is 0.0275. The highest BCUT2D eigenvalue weighted by atomic mass is 16.1. The van der Waals surface area contributed by atoms with Crippen LogP contribution in [0.2, 0.25) is 0 Å². The van der Waals surface area contributed by atoms with Crippen molar-refractivity contribution < 1.29 is 4.79 Å². The first-order chi connectivity index (χ1) is 11.4. The third kappa shape index (κ3) is 2.89. The number of carbonyl (C=O) groups excluding carboxylic acids is 1. The van der Waals surface area contributed by atoms with Gasteiger partial charge in [0.1, 0.15) is 0 Å². The molecule has 3 rings (SSSR count). The first kappa shape index (κ1) is 16.2. The highest BCUT2D eigenvalue weighted by Crippen LogP contribution is 2.20. The van der Waals surface area contributed by atoms with Crippen molar-refractivity contribution >= 4 is 22.6 Å². The van der Waals surface area contributed by atoms with Gasteiger partial charge in [-0.2, -0.15) is 10.2 Å². The van der Waals surface area contributed by atoms with Gasteiger partial charge in [0.05, 0.1) is 23.3 Å². The molecule has 1 amide bonds. The quantitative estimate of drug-likeness (QED) is 0.797. The second kappa shape index (κ2) is 6.07. The van der Waals surface area contributed by atoms with E-state index in [1.165, 1.54) is 0 Å². The van der Waals surface area contributed by atoms with E-state index in [0.717, 1.165) is 33.7 Å². The van der Waals surface area contributed by atoms with Crippen LogP contribution in [0.3, 0.4) is 0 Å². The number of carbonyl (C=O) groups is 1. The summed E-state index contributed by atoms with van der Waals surface area (Å²) in [5.74, 6) is -0.0275. The second-order valence-corrected chi connectivity index (χ2v) is 6.13. The van der Waals surface area contributed by atoms with Crippen molar-refractivity contribution in [1.29, 1.82) is 0 Å². The molecule has 0 aliphatic rings. The van der Waals surface area contributed by atoms with E-state index >= 15 is 0 Å². The highest BCUT2D eigenvalue weighted by Gasteiger charge is 2.12. The van der Waals surface area contributed by atoms with E-state index in [0.29, 0.717) is 18.5 Å². The van der Waals surface area contributed by atoms with Crippen molar-refractivity contribution in [3.05, 3.63) is 34.9 Å². The predicted octanol–water partition coefficient (Wildman–Crippen LogP) is 2.20. The lowest BCUT2D eigenvalue weighted by Gasteiger charge is -2.06. The molecule has 0 unspecified atom stereocenters. The normalized spacial score (nSPS) is 11.2. The molecule has 3 aromatic rings. The van der Waals surface area contributed by atoms with Gasteiger partial charge in [-0.1, -0.05) is 0 Å². The molecule has 1 N–H and O–H groups in total. The molecular formula is C17H22N6O. The van der Waals surface area contributed by atoms with E-state index in [1.54, 1.807) is 10.9 Å². The molecule has 0 atom stereocenters. The van der Waals surface area contributed by atoms with E-state index in [9.17, 15) is 4.79 Å². The molecule has 24 heavy (non-hydrogen) atoms. The van der Waals surface area contributed by atoms with Crippen LogP contribution in [-0.2, 0) is 25.3 Å². The Morgan fingerprint density at radius 1 is 1.12 bits per heavy atom. The maximum atomic E-state index is 12.3. The molecule has 3 heterocycles. The summed E-state index contributed by atoms with van der Waals surface area (Å²) >= 11 is 0. The minimum Gasteiger partial charge on any atom is -0.325 e. The molecule has 0 saturated heterocycles. The van der Waals surface area contributed by atoms with Crippen LogP contribution in [0.4, 0.5) is 5.69 Å². The van der Waals surface area contributed by atoms with Gasteiger partial charge in [0, 0.05) is 31.6 Å². The average Bonchev–Trinajstić information content (AvgIpc) is 2.94. The first-order valence-corrected chi connectivity index (χ1v) is 7.95. The van der Waals surface area contributed by atoms with Crippen molar-refractivity contribution in [1.82, 2.24) is 24.5 Å². The van der Waals surface area contributed by atoms with Gasteiger partial charge in [0.2, 0.25) is 5.91 Å². The van der Waals surface area contributed by atoms with E-state index in [1.807, 2.05) is 45.6 Å². The lowest BCUT2D eigenvalue weighted by atomic mass is 10.1. The zero-order valence-corrected chi connectivity index (χ0v) is 14.7. The van der Waals surface area contributed by atoms with Gasteiger partial charge < -0.3 is 5.32 Å². The fourth-order valence-corrected chi connectivity index (χ4v) is 3.02. The van der Waals surface area contributed by atoms with Gasteiger partial charge in [-0.15, -0.1) is 0 Å². The Hall–Kier alpha value is -2.70. The van der Waals surface area contributed by atoms with Gasteiger partial charge >= 0.3 is 0 Å². The van der Waals surface area contributed by atoms with Crippen LogP contribution in [0.5, 0.6) is 0 Å². The van der Waals surface area contributed by atoms with E-state index in [2.05, 4.69) is 20.5 Å². The van der Waals surface area contributed by atoms with Crippen LogP contribution in [0.1, 0.15) is 29.1 Å². The summed E-state index contributed by atoms with van der Waals surface area (Å²) in [6, 6.07) is 1.92. The monoisotopic (exact) mass is 326 g/mol. The summed E-state index contributed by atoms with van der Waals surface area (Å²) < 4.78 is 3.59. The number of aryl methyl sites for hydroxylation is 4. The Labute approximate surface area is 140 Å². The number of hydrogen-bond donors (Lipinski definition) is 1.